The van der Waals surface area contributed by atoms with E-state index in [0.29, 0.717) is 0 Å². The molecule has 0 radical (unpaired) electrons. The van der Waals surface area contributed by atoms with Crippen LogP contribution in [0.15, 0.2) is 194 Å². The molecule has 0 saturated heterocycles. The van der Waals surface area contributed by atoms with Crippen molar-refractivity contribution in [3.05, 3.63) is 176 Å². The van der Waals surface area contributed by atoms with Gasteiger partial charge in [-0.1, -0.05) is 78.9 Å². The van der Waals surface area contributed by atoms with Crippen molar-refractivity contribution in [2.45, 2.75) is 0 Å². The maximum absolute atomic E-state index is 6.56. The van der Waals surface area contributed by atoms with Crippen LogP contribution in [-0.2, 0) is 0 Å². The Hall–Kier alpha value is -8.02. The molecular weight excluding hydrogens is 727 g/mol. The zero-order chi connectivity index (χ0) is 38.3. The number of hydrogen-bond acceptors (Lipinski definition) is 4. The van der Waals surface area contributed by atoms with E-state index < -0.39 is 0 Å². The molecule has 5 aromatic heterocycles. The van der Waals surface area contributed by atoms with E-state index in [4.69, 9.17) is 17.7 Å². The molecule has 59 heavy (non-hydrogen) atoms. The normalized spacial score (nSPS) is 12.4. The van der Waals surface area contributed by atoms with Crippen molar-refractivity contribution in [3.63, 3.8) is 0 Å². The average Bonchev–Trinajstić information content (AvgIpc) is 4.10. The van der Waals surface area contributed by atoms with Crippen LogP contribution >= 0.6 is 0 Å². The number of rotatable bonds is 3. The molecule has 0 N–H and O–H groups in total. The number of aromatic nitrogens is 1. The summed E-state index contributed by atoms with van der Waals surface area (Å²) in [5, 5.41) is 10.9. The lowest BCUT2D eigenvalue weighted by molar-refractivity contribution is 0.633. The molecule has 0 bridgehead atoms. The van der Waals surface area contributed by atoms with Crippen LogP contribution in [0, 0.1) is 0 Å². The first-order valence-electron chi connectivity index (χ1n) is 19.9. The van der Waals surface area contributed by atoms with Crippen molar-refractivity contribution in [2.75, 3.05) is 0 Å². The van der Waals surface area contributed by atoms with Crippen molar-refractivity contribution in [3.8, 4) is 27.9 Å². The molecule has 0 aliphatic carbocycles. The molecule has 0 spiro atoms. The Bertz CT molecular complexity index is 4080. The van der Waals surface area contributed by atoms with E-state index >= 15 is 0 Å². The number of nitrogens with zero attached hydrogens (tertiary/aromatic N) is 1. The van der Waals surface area contributed by atoms with E-state index in [-0.39, 0.29) is 0 Å². The van der Waals surface area contributed by atoms with Crippen LogP contribution in [0.5, 0.6) is 0 Å². The molecule has 0 atom stereocenters. The molecule has 274 valence electrons. The molecule has 5 heterocycles. The van der Waals surface area contributed by atoms with Crippen molar-refractivity contribution >= 4 is 110 Å². The monoisotopic (exact) mass is 755 g/mol. The highest BCUT2D eigenvalue weighted by molar-refractivity contribution is 6.23. The third-order valence-electron chi connectivity index (χ3n) is 12.4. The molecule has 14 aromatic rings. The SMILES string of the molecule is c1ccc(-n2c3ccc(-c4ccc5oc6c(ccc7c8ccccc8oc76)c5c4)cc3c3cc(-c4ccc5oc6c(ccc7oc8ccccc8c76)c5c4)ccc32)cc1. The second kappa shape index (κ2) is 11.3. The molecule has 0 amide bonds. The largest absolute Gasteiger partial charge is 0.456 e. The van der Waals surface area contributed by atoms with Gasteiger partial charge in [0.15, 0.2) is 11.2 Å². The van der Waals surface area contributed by atoms with Crippen LogP contribution in [-0.4, -0.2) is 4.57 Å². The van der Waals surface area contributed by atoms with Crippen molar-refractivity contribution in [2.24, 2.45) is 0 Å². The van der Waals surface area contributed by atoms with E-state index in [1.54, 1.807) is 0 Å². The highest BCUT2D eigenvalue weighted by Crippen LogP contribution is 2.43. The summed E-state index contributed by atoms with van der Waals surface area (Å²) in [6, 6.07) is 62.2. The van der Waals surface area contributed by atoms with Gasteiger partial charge in [-0.2, -0.15) is 0 Å². The standard InChI is InChI=1S/C54H29NO4/c1-2-8-34(9-3-1)55-44-21-14-30(32-16-23-48-42(28-32)37-20-25-50-51(52(37)57-48)39-11-5-7-13-47(39)56-50)26-40(44)41-27-31(15-22-45(41)55)33-17-24-49-43(29-33)38-19-18-36-35-10-4-6-12-46(35)58-53(36)54(38)59-49/h1-29H. The molecule has 0 aliphatic rings. The van der Waals surface area contributed by atoms with Crippen molar-refractivity contribution < 1.29 is 17.7 Å². The van der Waals surface area contributed by atoms with Crippen molar-refractivity contribution in [1.82, 2.24) is 4.57 Å². The van der Waals surface area contributed by atoms with Crippen LogP contribution in [0.2, 0.25) is 0 Å². The number of furan rings is 4. The molecule has 0 saturated carbocycles. The van der Waals surface area contributed by atoms with Crippen LogP contribution in [0.25, 0.3) is 138 Å². The van der Waals surface area contributed by atoms with Crippen LogP contribution in [0.4, 0.5) is 0 Å². The molecule has 5 nitrogen and oxygen atoms in total. The number of hydrogen-bond donors (Lipinski definition) is 0. The maximum Gasteiger partial charge on any atom is 0.178 e. The number of para-hydroxylation sites is 3. The minimum Gasteiger partial charge on any atom is -0.456 e. The van der Waals surface area contributed by atoms with E-state index in [0.717, 1.165) is 127 Å². The highest BCUT2D eigenvalue weighted by atomic mass is 16.4. The molecule has 9 aromatic carbocycles. The lowest BCUT2D eigenvalue weighted by Crippen LogP contribution is -1.93. The van der Waals surface area contributed by atoms with Gasteiger partial charge in [-0.25, -0.2) is 0 Å². The first-order chi connectivity index (χ1) is 29.2. The molecule has 0 unspecified atom stereocenters. The van der Waals surface area contributed by atoms with E-state index in [1.165, 1.54) is 10.8 Å². The minimum absolute atomic E-state index is 0.782. The summed E-state index contributed by atoms with van der Waals surface area (Å²) in [6.07, 6.45) is 0. The lowest BCUT2D eigenvalue weighted by Gasteiger charge is -2.08. The summed E-state index contributed by atoms with van der Waals surface area (Å²) in [5.41, 5.74) is 14.7. The van der Waals surface area contributed by atoms with Gasteiger partial charge in [-0.05, 0) is 119 Å². The Balaban J connectivity index is 0.946. The van der Waals surface area contributed by atoms with Gasteiger partial charge in [0, 0.05) is 54.2 Å². The first kappa shape index (κ1) is 31.1. The van der Waals surface area contributed by atoms with Gasteiger partial charge in [0.05, 0.1) is 16.4 Å². The van der Waals surface area contributed by atoms with Gasteiger partial charge in [-0.3, -0.25) is 0 Å². The van der Waals surface area contributed by atoms with Gasteiger partial charge < -0.3 is 22.2 Å². The minimum atomic E-state index is 0.782. The molecule has 0 aliphatic heterocycles. The van der Waals surface area contributed by atoms with Gasteiger partial charge >= 0.3 is 0 Å². The van der Waals surface area contributed by atoms with Gasteiger partial charge in [0.1, 0.15) is 33.5 Å². The van der Waals surface area contributed by atoms with E-state index in [2.05, 4.69) is 144 Å². The lowest BCUT2D eigenvalue weighted by atomic mass is 9.98. The molecule has 0 fully saturated rings. The van der Waals surface area contributed by atoms with Gasteiger partial charge in [-0.15, -0.1) is 0 Å². The predicted molar refractivity (Wildman–Crippen MR) is 241 cm³/mol. The zero-order valence-corrected chi connectivity index (χ0v) is 31.3. The molecular formula is C54H29NO4. The number of fused-ring (bicyclic) bond motifs is 17. The second-order valence-corrected chi connectivity index (χ2v) is 15.6. The molecule has 14 rings (SSSR count). The Kier molecular flexibility index (Phi) is 5.96. The summed E-state index contributed by atoms with van der Waals surface area (Å²) in [7, 11) is 0. The summed E-state index contributed by atoms with van der Waals surface area (Å²) in [6.45, 7) is 0. The average molecular weight is 756 g/mol. The topological polar surface area (TPSA) is 57.5 Å². The fourth-order valence-electron chi connectivity index (χ4n) is 9.66. The van der Waals surface area contributed by atoms with Crippen molar-refractivity contribution in [1.29, 1.82) is 0 Å². The van der Waals surface area contributed by atoms with Gasteiger partial charge in [0.25, 0.3) is 0 Å². The van der Waals surface area contributed by atoms with Crippen LogP contribution in [0.3, 0.4) is 0 Å². The quantitative estimate of drug-likeness (QED) is 0.180. The van der Waals surface area contributed by atoms with Crippen LogP contribution in [0.1, 0.15) is 0 Å². The van der Waals surface area contributed by atoms with Crippen LogP contribution < -0.4 is 0 Å². The Morgan fingerprint density at radius 3 is 1.36 bits per heavy atom. The zero-order valence-electron chi connectivity index (χ0n) is 31.3. The summed E-state index contributed by atoms with van der Waals surface area (Å²) in [5.74, 6) is 0. The maximum atomic E-state index is 6.56. The second-order valence-electron chi connectivity index (χ2n) is 15.6. The first-order valence-corrected chi connectivity index (χ1v) is 19.9. The predicted octanol–water partition coefficient (Wildman–Crippen LogP) is 15.7. The smallest absolute Gasteiger partial charge is 0.178 e. The van der Waals surface area contributed by atoms with E-state index in [1.807, 2.05) is 36.4 Å². The summed E-state index contributed by atoms with van der Waals surface area (Å²) >= 11 is 0. The fraction of sp³-hybridized carbons (Fsp3) is 0. The molecule has 5 heteroatoms. The van der Waals surface area contributed by atoms with E-state index in [9.17, 15) is 0 Å². The number of benzene rings is 9. The highest BCUT2D eigenvalue weighted by Gasteiger charge is 2.20. The summed E-state index contributed by atoms with van der Waals surface area (Å²) in [4.78, 5) is 0. The third-order valence-corrected chi connectivity index (χ3v) is 12.4. The Morgan fingerprint density at radius 2 is 0.712 bits per heavy atom. The Morgan fingerprint density at radius 1 is 0.271 bits per heavy atom. The summed E-state index contributed by atoms with van der Waals surface area (Å²) < 4.78 is 27.9. The fourth-order valence-corrected chi connectivity index (χ4v) is 9.66. The third kappa shape index (κ3) is 4.28. The van der Waals surface area contributed by atoms with Gasteiger partial charge in [0.2, 0.25) is 0 Å². The Labute approximate surface area is 334 Å².